The maximum Gasteiger partial charge on any atom is 0.328 e. The molecule has 0 unspecified atom stereocenters. The van der Waals surface area contributed by atoms with Crippen molar-refractivity contribution in [3.8, 4) is 0 Å². The summed E-state index contributed by atoms with van der Waals surface area (Å²) in [6.07, 6.45) is -6.86. The molecule has 0 aliphatic carbocycles. The fourth-order valence-electron chi connectivity index (χ4n) is 5.38. The molecule has 2 rings (SSSR count). The molecule has 7 amide bonds. The fourth-order valence-corrected chi connectivity index (χ4v) is 5.38. The molecule has 0 aromatic heterocycles. The van der Waals surface area contributed by atoms with Gasteiger partial charge in [-0.2, -0.15) is 0 Å². The molecular formula is C35H44N8O20. The number of aliphatic hydroxyl groups is 1. The fraction of sp³-hybridized carbons (Fsp3) is 0.457. The van der Waals surface area contributed by atoms with Crippen molar-refractivity contribution in [2.24, 2.45) is 5.73 Å². The van der Waals surface area contributed by atoms with Crippen molar-refractivity contribution < 1.29 is 97.7 Å². The Bertz CT molecular complexity index is 1960. The first-order chi connectivity index (χ1) is 29.5. The van der Waals surface area contributed by atoms with E-state index in [-0.39, 0.29) is 25.3 Å². The number of aliphatic carboxylic acids is 5. The molecule has 28 nitrogen and oxygen atoms in total. The summed E-state index contributed by atoms with van der Waals surface area (Å²) in [5, 5.41) is 70.3. The summed E-state index contributed by atoms with van der Waals surface area (Å²) in [5.41, 5.74) is 6.24. The van der Waals surface area contributed by atoms with Crippen molar-refractivity contribution in [3.63, 3.8) is 0 Å². The van der Waals surface area contributed by atoms with Gasteiger partial charge in [0, 0.05) is 12.1 Å². The molecule has 1 saturated heterocycles. The summed E-state index contributed by atoms with van der Waals surface area (Å²) in [4.78, 5) is 161. The molecule has 344 valence electrons. The van der Waals surface area contributed by atoms with Gasteiger partial charge in [-0.15, -0.1) is 0 Å². The third-order valence-corrected chi connectivity index (χ3v) is 8.48. The second kappa shape index (κ2) is 24.5. The van der Waals surface area contributed by atoms with Crippen LogP contribution in [0, 0.1) is 0 Å². The zero-order chi connectivity index (χ0) is 47.6. The van der Waals surface area contributed by atoms with Crippen molar-refractivity contribution in [1.29, 1.82) is 0 Å². The number of ether oxygens (including phenoxy) is 1. The highest BCUT2D eigenvalue weighted by Crippen LogP contribution is 2.12. The standard InChI is InChI=1S/C35H44N8O20/c36-16(7-23(45)38-17-5-6-63-35(17)62)29(56)39-19(9-25(48)49)31(58)41-21(11-27(52)53)33(60)43-22(12-28(54)55)34(61)42-20(10-26(50)51)32(59)40-18(8-24(46)47)30(57)37-15-3-1-14(13-44)2-4-15/h1-4,16-22,44H,5-13,36H2,(H,37,57)(H,38,45)(H,39,56)(H,40,59)(H,41,58)(H,42,61)(H,43,60)(H,46,47)(H,48,49)(H,50,51)(H,52,53)(H,54,55)/t16-,17-,18-,19-,20-,21-,22-/m0/s1. The molecule has 0 spiro atoms. The number of amides is 7. The summed E-state index contributed by atoms with van der Waals surface area (Å²) in [5.74, 6) is -19.0. The Morgan fingerprint density at radius 3 is 1.22 bits per heavy atom. The maximum atomic E-state index is 13.3. The zero-order valence-corrected chi connectivity index (χ0v) is 32.7. The van der Waals surface area contributed by atoms with Crippen LogP contribution in [0.15, 0.2) is 24.3 Å². The molecule has 0 bridgehead atoms. The third-order valence-electron chi connectivity index (χ3n) is 8.48. The summed E-state index contributed by atoms with van der Waals surface area (Å²) < 4.78 is 4.70. The third kappa shape index (κ3) is 18.2. The van der Waals surface area contributed by atoms with Gasteiger partial charge in [-0.3, -0.25) is 57.5 Å². The van der Waals surface area contributed by atoms with E-state index in [9.17, 15) is 93.0 Å². The van der Waals surface area contributed by atoms with E-state index < -0.39 is 158 Å². The highest BCUT2D eigenvalue weighted by atomic mass is 16.5. The van der Waals surface area contributed by atoms with Crippen LogP contribution in [0.2, 0.25) is 0 Å². The van der Waals surface area contributed by atoms with E-state index in [0.717, 1.165) is 0 Å². The van der Waals surface area contributed by atoms with Crippen LogP contribution >= 0.6 is 0 Å². The molecule has 1 aromatic rings. The molecule has 1 aromatic carbocycles. The van der Waals surface area contributed by atoms with Crippen molar-refractivity contribution in [2.75, 3.05) is 11.9 Å². The number of carbonyl (C=O) groups excluding carboxylic acids is 8. The number of carboxylic acids is 5. The van der Waals surface area contributed by atoms with Crippen LogP contribution in [0.25, 0.3) is 0 Å². The van der Waals surface area contributed by atoms with E-state index >= 15 is 0 Å². The molecule has 7 atom stereocenters. The number of benzene rings is 1. The smallest absolute Gasteiger partial charge is 0.328 e. The van der Waals surface area contributed by atoms with Gasteiger partial charge in [0.05, 0.1) is 57.8 Å². The first kappa shape index (κ1) is 51.4. The van der Waals surface area contributed by atoms with Crippen LogP contribution in [-0.2, 0) is 73.7 Å². The number of hydrogen-bond acceptors (Lipinski definition) is 16. The number of esters is 1. The van der Waals surface area contributed by atoms with Crippen LogP contribution in [0.1, 0.15) is 50.5 Å². The van der Waals surface area contributed by atoms with Gasteiger partial charge < -0.3 is 78.3 Å². The molecule has 28 heteroatoms. The van der Waals surface area contributed by atoms with Gasteiger partial charge in [-0.1, -0.05) is 12.1 Å². The number of nitrogens with two attached hydrogens (primary N) is 1. The van der Waals surface area contributed by atoms with Gasteiger partial charge in [-0.05, 0) is 17.7 Å². The lowest BCUT2D eigenvalue weighted by Crippen LogP contribution is -2.60. The lowest BCUT2D eigenvalue weighted by atomic mass is 10.1. The predicted molar refractivity (Wildman–Crippen MR) is 202 cm³/mol. The van der Waals surface area contributed by atoms with Crippen molar-refractivity contribution in [1.82, 2.24) is 31.9 Å². The predicted octanol–water partition coefficient (Wildman–Crippen LogP) is -5.94. The van der Waals surface area contributed by atoms with Gasteiger partial charge in [0.25, 0.3) is 0 Å². The average molecular weight is 897 g/mol. The SMILES string of the molecule is N[C@@H](CC(=O)N[C@H]1CCOC1=O)C(=O)N[C@@H](CC(=O)O)C(=O)N[C@@H](CC(=O)O)C(=O)N[C@@H](CC(=O)O)C(=O)N[C@@H](CC(=O)O)C(=O)N[C@@H](CC(=O)O)C(=O)Nc1ccc(CO)cc1. The Kier molecular flexibility index (Phi) is 20.0. The first-order valence-corrected chi connectivity index (χ1v) is 18.3. The molecular weight excluding hydrogens is 852 g/mol. The summed E-state index contributed by atoms with van der Waals surface area (Å²) >= 11 is 0. The largest absolute Gasteiger partial charge is 0.481 e. The van der Waals surface area contributed by atoms with Crippen LogP contribution in [0.3, 0.4) is 0 Å². The van der Waals surface area contributed by atoms with E-state index in [4.69, 9.17) is 10.5 Å². The number of nitrogens with one attached hydrogen (secondary N) is 7. The topological polar surface area (TPSA) is 463 Å². The van der Waals surface area contributed by atoms with E-state index in [2.05, 4.69) is 10.6 Å². The van der Waals surface area contributed by atoms with Crippen LogP contribution in [-0.4, -0.2) is 157 Å². The van der Waals surface area contributed by atoms with Crippen molar-refractivity contribution in [2.45, 2.75) is 93.8 Å². The number of rotatable bonds is 26. The Labute approximate surface area is 353 Å². The minimum Gasteiger partial charge on any atom is -0.481 e. The van der Waals surface area contributed by atoms with Crippen molar-refractivity contribution in [3.05, 3.63) is 29.8 Å². The van der Waals surface area contributed by atoms with Crippen LogP contribution < -0.4 is 43.0 Å². The Morgan fingerprint density at radius 1 is 0.556 bits per heavy atom. The number of anilines is 1. The second-order valence-electron chi connectivity index (χ2n) is 13.5. The quantitative estimate of drug-likeness (QED) is 0.0385. The van der Waals surface area contributed by atoms with E-state index in [1.807, 2.05) is 26.6 Å². The number of carboxylic acid groups (broad SMARTS) is 5. The molecule has 1 fully saturated rings. The molecule has 1 heterocycles. The van der Waals surface area contributed by atoms with Gasteiger partial charge in [0.15, 0.2) is 0 Å². The summed E-state index contributed by atoms with van der Waals surface area (Å²) in [6, 6.07) is -8.05. The summed E-state index contributed by atoms with van der Waals surface area (Å²) in [7, 11) is 0. The molecule has 63 heavy (non-hydrogen) atoms. The minimum atomic E-state index is -2.28. The van der Waals surface area contributed by atoms with Crippen molar-refractivity contribution >= 4 is 82.9 Å². The zero-order valence-electron chi connectivity index (χ0n) is 32.7. The number of aliphatic hydroxyl groups excluding tert-OH is 1. The number of hydrogen-bond donors (Lipinski definition) is 14. The number of carbonyl (C=O) groups is 13. The Balaban J connectivity index is 2.26. The van der Waals surface area contributed by atoms with E-state index in [1.54, 1.807) is 0 Å². The Morgan fingerprint density at radius 2 is 0.905 bits per heavy atom. The second-order valence-corrected chi connectivity index (χ2v) is 13.5. The lowest BCUT2D eigenvalue weighted by molar-refractivity contribution is -0.145. The maximum absolute atomic E-state index is 13.3. The van der Waals surface area contributed by atoms with Gasteiger partial charge >= 0.3 is 35.8 Å². The summed E-state index contributed by atoms with van der Waals surface area (Å²) in [6.45, 7) is -0.325. The lowest BCUT2D eigenvalue weighted by Gasteiger charge is -2.26. The molecule has 0 saturated carbocycles. The van der Waals surface area contributed by atoms with Gasteiger partial charge in [0.1, 0.15) is 36.3 Å². The highest BCUT2D eigenvalue weighted by Gasteiger charge is 2.36. The van der Waals surface area contributed by atoms with Crippen LogP contribution in [0.5, 0.6) is 0 Å². The normalized spacial score (nSPS) is 15.8. The Hall–Kier alpha value is -7.75. The monoisotopic (exact) mass is 896 g/mol. The van der Waals surface area contributed by atoms with Crippen LogP contribution in [0.4, 0.5) is 5.69 Å². The molecule has 0 radical (unpaired) electrons. The molecule has 15 N–H and O–H groups in total. The van der Waals surface area contributed by atoms with Gasteiger partial charge in [0.2, 0.25) is 41.4 Å². The van der Waals surface area contributed by atoms with Gasteiger partial charge in [-0.25, -0.2) is 4.79 Å². The highest BCUT2D eigenvalue weighted by molar-refractivity contribution is 6.02. The molecule has 1 aliphatic rings. The van der Waals surface area contributed by atoms with E-state index in [0.29, 0.717) is 5.56 Å². The minimum absolute atomic E-state index is 0.0222. The number of cyclic esters (lactones) is 1. The average Bonchev–Trinajstić information content (AvgIpc) is 3.58. The molecule has 1 aliphatic heterocycles. The van der Waals surface area contributed by atoms with E-state index in [1.165, 1.54) is 24.3 Å². The first-order valence-electron chi connectivity index (χ1n) is 18.3.